The molecule has 0 spiro atoms. The van der Waals surface area contributed by atoms with Crippen LogP contribution < -0.4 is 14.8 Å². The van der Waals surface area contributed by atoms with Gasteiger partial charge < -0.3 is 14.8 Å². The minimum absolute atomic E-state index is 0.514. The molecule has 0 saturated carbocycles. The van der Waals surface area contributed by atoms with Gasteiger partial charge in [0.1, 0.15) is 6.61 Å². The Bertz CT molecular complexity index is 873. The molecule has 3 rings (SSSR count). The number of hydrogen-bond donors (Lipinski definition) is 1. The molecule has 0 aliphatic rings. The number of para-hydroxylation sites is 1. The van der Waals surface area contributed by atoms with Gasteiger partial charge in [0.05, 0.1) is 6.61 Å². The van der Waals surface area contributed by atoms with E-state index in [-0.39, 0.29) is 0 Å². The van der Waals surface area contributed by atoms with E-state index < -0.39 is 0 Å². The highest BCUT2D eigenvalue weighted by Gasteiger charge is 2.11. The number of benzene rings is 2. The normalized spacial score (nSPS) is 10.8. The van der Waals surface area contributed by atoms with E-state index in [0.29, 0.717) is 13.2 Å². The molecule has 3 aromatic rings. The van der Waals surface area contributed by atoms with Crippen LogP contribution in [0.25, 0.3) is 0 Å². The number of nitrogens with zero attached hydrogens (tertiary/aromatic N) is 4. The van der Waals surface area contributed by atoms with Gasteiger partial charge in [0.25, 0.3) is 0 Å². The van der Waals surface area contributed by atoms with Crippen LogP contribution in [0.2, 0.25) is 0 Å². The van der Waals surface area contributed by atoms with Crippen LogP contribution in [-0.4, -0.2) is 39.1 Å². The molecule has 2 aromatic carbocycles. The standard InChI is InChI=1S/C21H27N5O2S/c1-3-27-19-12-7-11-18(20(19)28-16-17-9-5-4-6-10-17)15-22-13-8-14-29-21-23-24-25-26(21)2/h4-7,9-12,22H,3,8,13-16H2,1-2H3. The fraction of sp³-hybridized carbons (Fsp3) is 0.381. The molecule has 1 heterocycles. The van der Waals surface area contributed by atoms with E-state index in [1.54, 1.807) is 16.4 Å². The smallest absolute Gasteiger partial charge is 0.209 e. The fourth-order valence-electron chi connectivity index (χ4n) is 2.79. The summed E-state index contributed by atoms with van der Waals surface area (Å²) in [5, 5.41) is 15.8. The Morgan fingerprint density at radius 3 is 2.69 bits per heavy atom. The van der Waals surface area contributed by atoms with Crippen molar-refractivity contribution in [1.29, 1.82) is 0 Å². The predicted octanol–water partition coefficient (Wildman–Crippen LogP) is 3.46. The zero-order valence-corrected chi connectivity index (χ0v) is 17.7. The van der Waals surface area contributed by atoms with Gasteiger partial charge in [0.2, 0.25) is 5.16 Å². The average Bonchev–Trinajstić information content (AvgIpc) is 3.15. The second-order valence-electron chi connectivity index (χ2n) is 6.42. The number of tetrazole rings is 1. The fourth-order valence-corrected chi connectivity index (χ4v) is 3.58. The Morgan fingerprint density at radius 1 is 1.07 bits per heavy atom. The SMILES string of the molecule is CCOc1cccc(CNCCCSc2nnnn2C)c1OCc1ccccc1. The highest BCUT2D eigenvalue weighted by Crippen LogP contribution is 2.32. The van der Waals surface area contributed by atoms with Gasteiger partial charge in [-0.1, -0.05) is 54.2 Å². The average molecular weight is 414 g/mol. The molecule has 1 N–H and O–H groups in total. The van der Waals surface area contributed by atoms with Gasteiger partial charge in [0, 0.05) is 24.9 Å². The summed E-state index contributed by atoms with van der Waals surface area (Å²) in [6.07, 6.45) is 1.02. The first-order valence-corrected chi connectivity index (χ1v) is 10.7. The molecule has 8 heteroatoms. The van der Waals surface area contributed by atoms with Crippen molar-refractivity contribution in [2.75, 3.05) is 18.9 Å². The Hall–Kier alpha value is -2.58. The van der Waals surface area contributed by atoms with E-state index in [0.717, 1.165) is 53.0 Å². The molecule has 0 radical (unpaired) electrons. The topological polar surface area (TPSA) is 74.1 Å². The summed E-state index contributed by atoms with van der Waals surface area (Å²) in [6.45, 7) is 4.72. The van der Waals surface area contributed by atoms with Crippen molar-refractivity contribution in [3.05, 3.63) is 59.7 Å². The van der Waals surface area contributed by atoms with Crippen molar-refractivity contribution < 1.29 is 9.47 Å². The zero-order chi connectivity index (χ0) is 20.3. The molecule has 29 heavy (non-hydrogen) atoms. The quantitative estimate of drug-likeness (QED) is 0.360. The van der Waals surface area contributed by atoms with Crippen LogP contribution in [0.1, 0.15) is 24.5 Å². The van der Waals surface area contributed by atoms with Gasteiger partial charge in [0.15, 0.2) is 11.5 Å². The lowest BCUT2D eigenvalue weighted by Gasteiger charge is -2.16. The first kappa shape index (κ1) is 21.1. The van der Waals surface area contributed by atoms with Crippen molar-refractivity contribution in [3.63, 3.8) is 0 Å². The third-order valence-corrected chi connectivity index (χ3v) is 5.31. The first-order valence-electron chi connectivity index (χ1n) is 9.75. The molecule has 0 aliphatic carbocycles. The number of hydrogen-bond acceptors (Lipinski definition) is 7. The zero-order valence-electron chi connectivity index (χ0n) is 16.9. The van der Waals surface area contributed by atoms with Crippen LogP contribution in [0.3, 0.4) is 0 Å². The second-order valence-corrected chi connectivity index (χ2v) is 7.48. The Kier molecular flexibility index (Phi) is 8.33. The minimum Gasteiger partial charge on any atom is -0.490 e. The monoisotopic (exact) mass is 413 g/mol. The second kappa shape index (κ2) is 11.4. The Balaban J connectivity index is 1.52. The Labute approximate surface area is 175 Å². The molecule has 0 unspecified atom stereocenters. The van der Waals surface area contributed by atoms with Crippen LogP contribution in [0.15, 0.2) is 53.7 Å². The van der Waals surface area contributed by atoms with Gasteiger partial charge >= 0.3 is 0 Å². The third-order valence-electron chi connectivity index (χ3n) is 4.21. The first-order chi connectivity index (χ1) is 14.3. The minimum atomic E-state index is 0.514. The molecule has 0 aliphatic heterocycles. The van der Waals surface area contributed by atoms with Crippen LogP contribution in [-0.2, 0) is 20.2 Å². The molecule has 0 atom stereocenters. The summed E-state index contributed by atoms with van der Waals surface area (Å²) in [5.74, 6) is 2.55. The summed E-state index contributed by atoms with van der Waals surface area (Å²) in [6, 6.07) is 16.2. The maximum atomic E-state index is 6.15. The van der Waals surface area contributed by atoms with Gasteiger partial charge in [-0.05, 0) is 41.9 Å². The molecule has 0 bridgehead atoms. The van der Waals surface area contributed by atoms with E-state index in [9.17, 15) is 0 Å². The molecule has 0 amide bonds. The number of ether oxygens (including phenoxy) is 2. The van der Waals surface area contributed by atoms with E-state index in [2.05, 4.69) is 39.0 Å². The van der Waals surface area contributed by atoms with Gasteiger partial charge in [-0.2, -0.15) is 0 Å². The largest absolute Gasteiger partial charge is 0.490 e. The van der Waals surface area contributed by atoms with Crippen molar-refractivity contribution in [2.45, 2.75) is 31.7 Å². The number of aromatic nitrogens is 4. The van der Waals surface area contributed by atoms with Crippen molar-refractivity contribution in [2.24, 2.45) is 7.05 Å². The summed E-state index contributed by atoms with van der Waals surface area (Å²) < 4.78 is 13.6. The van der Waals surface area contributed by atoms with E-state index in [4.69, 9.17) is 9.47 Å². The van der Waals surface area contributed by atoms with Gasteiger partial charge in [-0.15, -0.1) is 5.10 Å². The summed E-state index contributed by atoms with van der Waals surface area (Å²) in [4.78, 5) is 0. The van der Waals surface area contributed by atoms with E-state index in [1.165, 1.54) is 0 Å². The number of thioether (sulfide) groups is 1. The van der Waals surface area contributed by atoms with Crippen molar-refractivity contribution >= 4 is 11.8 Å². The molecule has 154 valence electrons. The van der Waals surface area contributed by atoms with Crippen molar-refractivity contribution in [3.8, 4) is 11.5 Å². The third kappa shape index (κ3) is 6.47. The summed E-state index contributed by atoms with van der Waals surface area (Å²) >= 11 is 1.66. The van der Waals surface area contributed by atoms with Gasteiger partial charge in [-0.25, -0.2) is 4.68 Å². The van der Waals surface area contributed by atoms with Crippen molar-refractivity contribution in [1.82, 2.24) is 25.5 Å². The maximum absolute atomic E-state index is 6.15. The van der Waals surface area contributed by atoms with E-state index in [1.807, 2.05) is 44.3 Å². The van der Waals surface area contributed by atoms with Gasteiger partial charge in [-0.3, -0.25) is 0 Å². The predicted molar refractivity (Wildman–Crippen MR) is 114 cm³/mol. The number of rotatable bonds is 12. The van der Waals surface area contributed by atoms with Crippen LogP contribution in [0, 0.1) is 0 Å². The highest BCUT2D eigenvalue weighted by molar-refractivity contribution is 7.99. The lowest BCUT2D eigenvalue weighted by molar-refractivity contribution is 0.266. The molecule has 1 aromatic heterocycles. The van der Waals surface area contributed by atoms with E-state index >= 15 is 0 Å². The van der Waals surface area contributed by atoms with Crippen LogP contribution in [0.4, 0.5) is 0 Å². The molecule has 7 nitrogen and oxygen atoms in total. The Morgan fingerprint density at radius 2 is 1.93 bits per heavy atom. The van der Waals surface area contributed by atoms with Crippen LogP contribution >= 0.6 is 11.8 Å². The molecular formula is C21H27N5O2S. The van der Waals surface area contributed by atoms with Crippen LogP contribution in [0.5, 0.6) is 11.5 Å². The summed E-state index contributed by atoms with van der Waals surface area (Å²) in [7, 11) is 1.85. The number of aryl methyl sites for hydroxylation is 1. The molecule has 0 fully saturated rings. The molecular weight excluding hydrogens is 386 g/mol. The maximum Gasteiger partial charge on any atom is 0.209 e. The lowest BCUT2D eigenvalue weighted by atomic mass is 10.1. The summed E-state index contributed by atoms with van der Waals surface area (Å²) in [5.41, 5.74) is 2.23. The molecule has 0 saturated heterocycles. The lowest BCUT2D eigenvalue weighted by Crippen LogP contribution is -2.16. The number of nitrogens with one attached hydrogen (secondary N) is 1. The highest BCUT2D eigenvalue weighted by atomic mass is 32.2.